The molecule has 9 rings (SSSR count). The van der Waals surface area contributed by atoms with Gasteiger partial charge in [-0.25, -0.2) is 4.79 Å². The average molecular weight is 753 g/mol. The minimum absolute atomic E-state index is 0.0108. The third-order valence-corrected chi connectivity index (χ3v) is 15.0. The molecule has 2 amide bonds. The van der Waals surface area contributed by atoms with Gasteiger partial charge in [0.25, 0.3) is 0 Å². The number of halogens is 3. The zero-order chi connectivity index (χ0) is 39.0. The monoisotopic (exact) mass is 752 g/mol. The normalized spacial score (nSPS) is 35.2. The van der Waals surface area contributed by atoms with Gasteiger partial charge in [0.15, 0.2) is 5.78 Å². The molecule has 9 unspecified atom stereocenters. The Morgan fingerprint density at radius 1 is 0.873 bits per heavy atom. The molecule has 0 radical (unpaired) electrons. The van der Waals surface area contributed by atoms with Crippen LogP contribution in [0.2, 0.25) is 0 Å². The van der Waals surface area contributed by atoms with Crippen LogP contribution in [0.3, 0.4) is 0 Å². The molecule has 3 N–H and O–H groups in total. The highest BCUT2D eigenvalue weighted by atomic mass is 19.4. The van der Waals surface area contributed by atoms with Crippen molar-refractivity contribution in [3.8, 4) is 0 Å². The van der Waals surface area contributed by atoms with Crippen LogP contribution in [-0.2, 0) is 12.7 Å². The molecule has 6 nitrogen and oxygen atoms in total. The van der Waals surface area contributed by atoms with Crippen molar-refractivity contribution in [1.29, 1.82) is 0 Å². The van der Waals surface area contributed by atoms with Crippen molar-refractivity contribution in [2.75, 3.05) is 6.54 Å². The van der Waals surface area contributed by atoms with Crippen LogP contribution in [0.25, 0.3) is 0 Å². The van der Waals surface area contributed by atoms with E-state index in [4.69, 9.17) is 0 Å². The summed E-state index contributed by atoms with van der Waals surface area (Å²) in [5, 5.41) is 27.3. The van der Waals surface area contributed by atoms with Crippen LogP contribution in [0.1, 0.15) is 98.8 Å². The van der Waals surface area contributed by atoms with Gasteiger partial charge in [-0.15, -0.1) is 0 Å². The molecule has 9 heteroatoms. The first-order valence-corrected chi connectivity index (χ1v) is 19.8. The third kappa shape index (κ3) is 5.82. The van der Waals surface area contributed by atoms with E-state index in [0.29, 0.717) is 44.1 Å². The molecule has 55 heavy (non-hydrogen) atoms. The summed E-state index contributed by atoms with van der Waals surface area (Å²) in [5.74, 6) is -0.683. The molecule has 6 aliphatic carbocycles. The molecule has 0 aromatic heterocycles. The number of nitrogens with one attached hydrogen (secondary N) is 1. The van der Waals surface area contributed by atoms with Gasteiger partial charge in [0.1, 0.15) is 0 Å². The highest BCUT2D eigenvalue weighted by Crippen LogP contribution is 2.78. The van der Waals surface area contributed by atoms with Gasteiger partial charge in [0, 0.05) is 33.9 Å². The first kappa shape index (κ1) is 37.7. The second-order valence-electron chi connectivity index (χ2n) is 17.6. The van der Waals surface area contributed by atoms with Gasteiger partial charge in [0.05, 0.1) is 29.9 Å². The predicted molar refractivity (Wildman–Crippen MR) is 205 cm³/mol. The number of aliphatic hydroxyl groups is 2. The van der Waals surface area contributed by atoms with Gasteiger partial charge >= 0.3 is 12.2 Å². The summed E-state index contributed by atoms with van der Waals surface area (Å²) in [4.78, 5) is 30.8. The van der Waals surface area contributed by atoms with E-state index in [1.54, 1.807) is 4.90 Å². The quantitative estimate of drug-likeness (QED) is 0.158. The minimum Gasteiger partial charge on any atom is -0.393 e. The fourth-order valence-electron chi connectivity index (χ4n) is 12.0. The number of hydrogen-bond acceptors (Lipinski definition) is 4. The number of allylic oxidation sites excluding steroid dienone is 4. The van der Waals surface area contributed by atoms with Crippen LogP contribution in [0.4, 0.5) is 18.0 Å². The predicted octanol–water partition coefficient (Wildman–Crippen LogP) is 9.45. The van der Waals surface area contributed by atoms with Gasteiger partial charge < -0.3 is 20.4 Å². The van der Waals surface area contributed by atoms with Gasteiger partial charge in [-0.1, -0.05) is 105 Å². The fraction of sp³-hybridized carbons (Fsp3) is 0.478. The Kier molecular flexibility index (Phi) is 9.04. The molecular weight excluding hydrogens is 702 g/mol. The molecule has 3 aromatic rings. The molecule has 3 fully saturated rings. The Balaban J connectivity index is 1.19. The minimum atomic E-state index is -4.61. The highest BCUT2D eigenvalue weighted by molar-refractivity contribution is 6.10. The standard InChI is InChI=1S/C46H51F3N2O4/c1-30(32-13-8-5-9-14-32)50-40(54)51(28-31-11-6-4-7-12-31)29-44(55)22-19-38-42(44,3)21-18-37-41(2)20-17-35(52)26-43(41)23-24-45(37,38)36(27-43)39(53)33-15-10-16-34(25-33)46(47,48)49/h4-16,23-25,27,30,35,37-38,52,55H,17-22,26,28-29H2,1-3H3,(H,50,54). The summed E-state index contributed by atoms with van der Waals surface area (Å²) in [6.07, 6.45) is 5.35. The number of aliphatic hydroxyl groups excluding tert-OH is 1. The second kappa shape index (κ2) is 13.2. The first-order chi connectivity index (χ1) is 26.1. The Labute approximate surface area is 321 Å². The van der Waals surface area contributed by atoms with E-state index < -0.39 is 45.5 Å². The maximum atomic E-state index is 14.9. The topological polar surface area (TPSA) is 89.9 Å². The molecule has 3 aromatic carbocycles. The van der Waals surface area contributed by atoms with Crippen molar-refractivity contribution in [3.05, 3.63) is 131 Å². The maximum absolute atomic E-state index is 14.9. The second-order valence-corrected chi connectivity index (χ2v) is 17.6. The van der Waals surface area contributed by atoms with Gasteiger partial charge in [0.2, 0.25) is 0 Å². The van der Waals surface area contributed by atoms with Crippen molar-refractivity contribution in [1.82, 2.24) is 10.2 Å². The van der Waals surface area contributed by atoms with Crippen LogP contribution in [0.15, 0.2) is 109 Å². The Bertz CT molecular complexity index is 2030. The Morgan fingerprint density at radius 2 is 1.53 bits per heavy atom. The van der Waals surface area contributed by atoms with E-state index in [1.165, 1.54) is 12.1 Å². The summed E-state index contributed by atoms with van der Waals surface area (Å²) in [7, 11) is 0. The largest absolute Gasteiger partial charge is 0.416 e. The molecule has 9 atom stereocenters. The van der Waals surface area contributed by atoms with Crippen molar-refractivity contribution in [2.45, 2.75) is 96.2 Å². The van der Waals surface area contributed by atoms with Gasteiger partial charge in [-0.3, -0.25) is 4.79 Å². The smallest absolute Gasteiger partial charge is 0.393 e. The van der Waals surface area contributed by atoms with E-state index >= 15 is 0 Å². The Morgan fingerprint density at radius 3 is 2.24 bits per heavy atom. The SMILES string of the molecule is CC(NC(=O)N(Cc1ccccc1)CC1(O)CCC2C34C=CC5(C=C3C(=O)c3cccc(C(F)(F)F)c3)CC(O)CCC5(C)C4CCC21C)c1ccccc1. The number of carbonyl (C=O) groups excluding carboxylic acids is 2. The van der Waals surface area contributed by atoms with Crippen molar-refractivity contribution < 1.29 is 33.0 Å². The van der Waals surface area contributed by atoms with Crippen molar-refractivity contribution >= 4 is 11.8 Å². The lowest BCUT2D eigenvalue weighted by Gasteiger charge is -2.71. The van der Waals surface area contributed by atoms with Gasteiger partial charge in [-0.2, -0.15) is 13.2 Å². The van der Waals surface area contributed by atoms with Crippen molar-refractivity contribution in [2.24, 2.45) is 33.5 Å². The lowest BCUT2D eigenvalue weighted by molar-refractivity contribution is -0.174. The van der Waals surface area contributed by atoms with Crippen LogP contribution in [0.5, 0.6) is 0 Å². The number of alkyl halides is 3. The summed E-state index contributed by atoms with van der Waals surface area (Å²) in [5.41, 5.74) is -2.34. The van der Waals surface area contributed by atoms with Crippen LogP contribution >= 0.6 is 0 Å². The maximum Gasteiger partial charge on any atom is 0.416 e. The third-order valence-electron chi connectivity index (χ3n) is 15.0. The lowest BCUT2D eigenvalue weighted by Crippen LogP contribution is -2.67. The first-order valence-electron chi connectivity index (χ1n) is 19.8. The number of Topliss-reactive ketones (excluding diaryl/α,β-unsaturated/α-hetero) is 1. The van der Waals surface area contributed by atoms with E-state index in [0.717, 1.165) is 29.7 Å². The zero-order valence-electron chi connectivity index (χ0n) is 31.8. The van der Waals surface area contributed by atoms with Crippen LogP contribution < -0.4 is 5.32 Å². The van der Waals surface area contributed by atoms with Gasteiger partial charge in [-0.05, 0) is 92.4 Å². The molecule has 3 saturated carbocycles. The molecule has 290 valence electrons. The number of carbonyl (C=O) groups is 2. The van der Waals surface area contributed by atoms with E-state index in [1.807, 2.05) is 73.7 Å². The molecule has 6 aliphatic rings. The summed E-state index contributed by atoms with van der Waals surface area (Å²) in [6.45, 7) is 6.67. The number of hydrogen-bond donors (Lipinski definition) is 3. The summed E-state index contributed by atoms with van der Waals surface area (Å²) >= 11 is 0. The summed E-state index contributed by atoms with van der Waals surface area (Å²) < 4.78 is 41.8. The molecular formula is C46H51F3N2O4. The number of benzene rings is 3. The molecule has 2 bridgehead atoms. The summed E-state index contributed by atoms with van der Waals surface area (Å²) in [6, 6.07) is 23.6. The number of ketones is 1. The molecule has 0 saturated heterocycles. The lowest BCUT2D eigenvalue weighted by atomic mass is 9.32. The number of urea groups is 1. The molecule has 0 aliphatic heterocycles. The van der Waals surface area contributed by atoms with Crippen molar-refractivity contribution in [3.63, 3.8) is 0 Å². The highest BCUT2D eigenvalue weighted by Gasteiger charge is 2.74. The van der Waals surface area contributed by atoms with E-state index in [9.17, 15) is 33.0 Å². The molecule has 2 spiro atoms. The number of fused-ring (bicyclic) bond motifs is 1. The van der Waals surface area contributed by atoms with Crippen LogP contribution in [-0.4, -0.2) is 45.2 Å². The average Bonchev–Trinajstić information content (AvgIpc) is 3.44. The Hall–Kier alpha value is -4.21. The fourth-order valence-corrected chi connectivity index (χ4v) is 12.0. The van der Waals surface area contributed by atoms with E-state index in [2.05, 4.69) is 31.3 Å². The zero-order valence-corrected chi connectivity index (χ0v) is 31.8. The molecule has 0 heterocycles. The number of rotatable bonds is 8. The number of amides is 2. The van der Waals surface area contributed by atoms with Crippen LogP contribution in [0, 0.1) is 33.5 Å². The van der Waals surface area contributed by atoms with E-state index in [-0.39, 0.29) is 48.0 Å². The number of nitrogens with zero attached hydrogens (tertiary/aromatic N) is 1.